The van der Waals surface area contributed by atoms with Crippen molar-refractivity contribution in [2.45, 2.75) is 140 Å². The maximum absolute atomic E-state index is 10.9. The molecule has 0 amide bonds. The van der Waals surface area contributed by atoms with E-state index in [0.717, 1.165) is 6.42 Å². The van der Waals surface area contributed by atoms with Gasteiger partial charge in [0, 0.05) is 11.9 Å². The normalized spacial score (nSPS) is 15.3. The first kappa shape index (κ1) is 33.8. The molecule has 0 saturated carbocycles. The quantitative estimate of drug-likeness (QED) is 0.0687. The summed E-state index contributed by atoms with van der Waals surface area (Å²) >= 11 is 2.03. The van der Waals surface area contributed by atoms with Crippen molar-refractivity contribution in [1.82, 2.24) is 0 Å². The van der Waals surface area contributed by atoms with E-state index in [1.807, 2.05) is 11.8 Å². The van der Waals surface area contributed by atoms with Crippen LogP contribution >= 0.6 is 20.2 Å². The summed E-state index contributed by atoms with van der Waals surface area (Å²) in [6.45, 7) is 7.02. The van der Waals surface area contributed by atoms with E-state index in [1.165, 1.54) is 95.6 Å². The van der Waals surface area contributed by atoms with E-state index in [-0.39, 0.29) is 12.7 Å². The predicted octanol–water partition coefficient (Wildman–Crippen LogP) is 7.55. The number of aliphatic carboxylic acids is 1. The molecule has 0 aromatic carbocycles. The standard InChI is InChI=1S/C26H51O6PS/c1-4-6-8-10-11-12-13-15-17-22-34-24(19-16-14-9-7-5-2)23(3)31-20-18-21-32-26(29,33-30)25(27)28/h23-24,29H,4-22H2,1-3H3,(H,27,28)/p+1. The molecule has 0 aliphatic carbocycles. The van der Waals surface area contributed by atoms with Gasteiger partial charge in [0.15, 0.2) is 0 Å². The zero-order valence-electron chi connectivity index (χ0n) is 22.0. The van der Waals surface area contributed by atoms with Gasteiger partial charge in [0.05, 0.1) is 12.7 Å². The molecule has 4 atom stereocenters. The van der Waals surface area contributed by atoms with Crippen LogP contribution in [0, 0.1) is 0 Å². The average Bonchev–Trinajstić information content (AvgIpc) is 2.83. The molecule has 0 aliphatic heterocycles. The van der Waals surface area contributed by atoms with Crippen LogP contribution in [0.3, 0.4) is 0 Å². The first-order valence-electron chi connectivity index (χ1n) is 13.6. The number of thioether (sulfide) groups is 1. The van der Waals surface area contributed by atoms with Gasteiger partial charge in [-0.3, -0.25) is 0 Å². The number of rotatable bonds is 26. The lowest BCUT2D eigenvalue weighted by molar-refractivity contribution is -0.190. The SMILES string of the molecule is CCCCCCCCCCCSC(CCCCCCC)C(C)OCCCOC(O)([PH+]=O)C(=O)O. The highest BCUT2D eigenvalue weighted by Gasteiger charge is 2.47. The highest BCUT2D eigenvalue weighted by Crippen LogP contribution is 2.26. The average molecular weight is 524 g/mol. The van der Waals surface area contributed by atoms with Crippen molar-refractivity contribution in [2.75, 3.05) is 19.0 Å². The Morgan fingerprint density at radius 3 is 1.91 bits per heavy atom. The number of hydrogen-bond acceptors (Lipinski definition) is 6. The Kier molecular flexibility index (Phi) is 23.1. The van der Waals surface area contributed by atoms with Crippen molar-refractivity contribution >= 4 is 26.2 Å². The van der Waals surface area contributed by atoms with Crippen LogP contribution in [0.25, 0.3) is 0 Å². The Labute approximate surface area is 214 Å². The second-order valence-corrected chi connectivity index (χ2v) is 11.5. The summed E-state index contributed by atoms with van der Waals surface area (Å²) < 4.78 is 21.8. The van der Waals surface area contributed by atoms with Crippen molar-refractivity contribution < 1.29 is 29.0 Å². The Balaban J connectivity index is 4.20. The molecule has 0 aliphatic rings. The third-order valence-corrected chi connectivity index (χ3v) is 8.31. The summed E-state index contributed by atoms with van der Waals surface area (Å²) in [6.07, 6.45) is 20.1. The fourth-order valence-electron chi connectivity index (χ4n) is 3.84. The molecule has 0 rings (SSSR count). The minimum atomic E-state index is -2.61. The van der Waals surface area contributed by atoms with E-state index in [2.05, 4.69) is 20.8 Å². The van der Waals surface area contributed by atoms with Crippen LogP contribution in [0.1, 0.15) is 124 Å². The summed E-state index contributed by atoms with van der Waals surface area (Å²) in [6, 6.07) is 0. The topological polar surface area (TPSA) is 93.1 Å². The van der Waals surface area contributed by atoms with Crippen LogP contribution in [-0.4, -0.2) is 52.0 Å². The molecule has 0 spiro atoms. The van der Waals surface area contributed by atoms with Gasteiger partial charge >= 0.3 is 20.0 Å². The summed E-state index contributed by atoms with van der Waals surface area (Å²) in [5, 5.41) is 18.9. The summed E-state index contributed by atoms with van der Waals surface area (Å²) in [4.78, 5) is 10.9. The summed E-state index contributed by atoms with van der Waals surface area (Å²) in [7, 11) is -1.48. The lowest BCUT2D eigenvalue weighted by Gasteiger charge is -2.24. The molecule has 6 nitrogen and oxygen atoms in total. The molecule has 0 saturated heterocycles. The van der Waals surface area contributed by atoms with Crippen LogP contribution in [0.4, 0.5) is 0 Å². The molecule has 0 bridgehead atoms. The molecule has 4 unspecified atom stereocenters. The van der Waals surface area contributed by atoms with E-state index in [0.29, 0.717) is 18.3 Å². The van der Waals surface area contributed by atoms with Crippen LogP contribution in [0.5, 0.6) is 0 Å². The number of hydrogen-bond donors (Lipinski definition) is 2. The minimum absolute atomic E-state index is 0.0158. The van der Waals surface area contributed by atoms with Crippen molar-refractivity contribution in [3.05, 3.63) is 0 Å². The highest BCUT2D eigenvalue weighted by atomic mass is 32.2. The first-order chi connectivity index (χ1) is 16.4. The third kappa shape index (κ3) is 18.1. The minimum Gasteiger partial charge on any atom is -0.474 e. The molecular formula is C26H52O6PS+. The van der Waals surface area contributed by atoms with Crippen molar-refractivity contribution in [3.63, 3.8) is 0 Å². The van der Waals surface area contributed by atoms with E-state index in [9.17, 15) is 14.5 Å². The van der Waals surface area contributed by atoms with E-state index >= 15 is 0 Å². The predicted molar refractivity (Wildman–Crippen MR) is 144 cm³/mol. The number of ether oxygens (including phenoxy) is 2. The lowest BCUT2D eigenvalue weighted by Crippen LogP contribution is -2.36. The van der Waals surface area contributed by atoms with Gasteiger partial charge in [-0.25, -0.2) is 4.79 Å². The summed E-state index contributed by atoms with van der Waals surface area (Å²) in [5.74, 6) is -0.464. The van der Waals surface area contributed by atoms with Crippen molar-refractivity contribution in [3.8, 4) is 0 Å². The van der Waals surface area contributed by atoms with E-state index in [4.69, 9.17) is 14.6 Å². The Morgan fingerprint density at radius 2 is 1.38 bits per heavy atom. The van der Waals surface area contributed by atoms with Crippen LogP contribution < -0.4 is 0 Å². The van der Waals surface area contributed by atoms with Gasteiger partial charge in [-0.15, -0.1) is 0 Å². The number of carbonyl (C=O) groups is 1. The van der Waals surface area contributed by atoms with Crippen LogP contribution in [0.2, 0.25) is 0 Å². The largest absolute Gasteiger partial charge is 0.474 e. The second kappa shape index (κ2) is 23.2. The smallest absolute Gasteiger partial charge is 0.470 e. The number of unbranched alkanes of at least 4 members (excludes halogenated alkanes) is 12. The zero-order valence-corrected chi connectivity index (χ0v) is 23.8. The third-order valence-electron chi connectivity index (χ3n) is 6.10. The van der Waals surface area contributed by atoms with Crippen LogP contribution in [-0.2, 0) is 18.8 Å². The molecular weight excluding hydrogens is 471 g/mol. The zero-order chi connectivity index (χ0) is 25.5. The molecule has 8 heteroatoms. The Morgan fingerprint density at radius 1 is 0.853 bits per heavy atom. The van der Waals surface area contributed by atoms with E-state index in [1.54, 1.807) is 0 Å². The molecule has 34 heavy (non-hydrogen) atoms. The fraction of sp³-hybridized carbons (Fsp3) is 0.962. The molecule has 0 radical (unpaired) electrons. The lowest BCUT2D eigenvalue weighted by atomic mass is 10.1. The van der Waals surface area contributed by atoms with Gasteiger partial charge in [-0.2, -0.15) is 11.8 Å². The first-order valence-corrected chi connectivity index (χ1v) is 15.6. The molecule has 0 aromatic rings. The van der Waals surface area contributed by atoms with Gasteiger partial charge in [-0.05, 0) is 31.9 Å². The second-order valence-electron chi connectivity index (χ2n) is 9.27. The number of carboxylic acids is 1. The molecule has 0 aromatic heterocycles. The maximum Gasteiger partial charge on any atom is 0.470 e. The van der Waals surface area contributed by atoms with Gasteiger partial charge in [0.25, 0.3) is 0 Å². The monoisotopic (exact) mass is 523 g/mol. The van der Waals surface area contributed by atoms with Gasteiger partial charge in [0.1, 0.15) is 0 Å². The molecule has 0 fully saturated rings. The Bertz CT molecular complexity index is 496. The maximum atomic E-state index is 10.9. The van der Waals surface area contributed by atoms with E-state index < -0.39 is 20.0 Å². The molecule has 202 valence electrons. The number of carboxylic acid groups (broad SMARTS) is 1. The van der Waals surface area contributed by atoms with Gasteiger partial charge in [0.2, 0.25) is 0 Å². The van der Waals surface area contributed by atoms with Gasteiger partial charge < -0.3 is 19.7 Å². The van der Waals surface area contributed by atoms with Crippen molar-refractivity contribution in [2.24, 2.45) is 0 Å². The fourth-order valence-corrected chi connectivity index (χ4v) is 5.45. The summed E-state index contributed by atoms with van der Waals surface area (Å²) in [5.41, 5.74) is -2.61. The molecule has 2 N–H and O–H groups in total. The van der Waals surface area contributed by atoms with Gasteiger partial charge in [-0.1, -0.05) is 102 Å². The number of aliphatic hydroxyl groups is 1. The highest BCUT2D eigenvalue weighted by molar-refractivity contribution is 7.99. The Hall–Kier alpha value is -0.200. The molecule has 0 heterocycles. The van der Waals surface area contributed by atoms with Crippen LogP contribution in [0.15, 0.2) is 0 Å². The van der Waals surface area contributed by atoms with Crippen molar-refractivity contribution in [1.29, 1.82) is 0 Å².